The first kappa shape index (κ1) is 33.2. The molecule has 2 heterocycles. The molecule has 5 N–H and O–H groups in total. The number of phenolic OH excluding ortho intramolecular Hbond substituents is 5. The maximum atomic E-state index is 10.9. The molecule has 266 valence electrons. The second-order valence-corrected chi connectivity index (χ2v) is 13.5. The van der Waals surface area contributed by atoms with E-state index in [0.29, 0.717) is 11.0 Å². The Morgan fingerprint density at radius 3 is 1.69 bits per heavy atom. The minimum Gasteiger partial charge on any atom is -0.503 e. The SMILES string of the molecule is C=C1/C=C(c2ccc3c(c2)c2ccccc2n3-c2c(O)c(O)c(O)c(O)c2O)\C=C/N(c2cc(-c3ccccc3)cc(-c3ccccc3)c2)c2ccccc21. The number of fused-ring (bicyclic) bond motifs is 4. The highest BCUT2D eigenvalue weighted by Gasteiger charge is 2.27. The van der Waals surface area contributed by atoms with E-state index in [2.05, 4.69) is 109 Å². The molecule has 0 amide bonds. The lowest BCUT2D eigenvalue weighted by atomic mass is 9.94. The Kier molecular flexibility index (Phi) is 7.91. The van der Waals surface area contributed by atoms with Crippen molar-refractivity contribution < 1.29 is 25.5 Å². The lowest BCUT2D eigenvalue weighted by molar-refractivity contribution is 0.327. The van der Waals surface area contributed by atoms with Gasteiger partial charge in [-0.3, -0.25) is 0 Å². The van der Waals surface area contributed by atoms with Gasteiger partial charge in [0, 0.05) is 28.2 Å². The lowest BCUT2D eigenvalue weighted by Crippen LogP contribution is -2.12. The molecule has 0 fully saturated rings. The number of anilines is 2. The van der Waals surface area contributed by atoms with E-state index in [9.17, 15) is 25.5 Å². The van der Waals surface area contributed by atoms with Gasteiger partial charge in [0.15, 0.2) is 11.5 Å². The summed E-state index contributed by atoms with van der Waals surface area (Å²) in [4.78, 5) is 2.20. The summed E-state index contributed by atoms with van der Waals surface area (Å²) in [5, 5.41) is 54.4. The minimum atomic E-state index is -1.01. The zero-order valence-corrected chi connectivity index (χ0v) is 29.4. The smallest absolute Gasteiger partial charge is 0.208 e. The van der Waals surface area contributed by atoms with E-state index in [4.69, 9.17) is 0 Å². The van der Waals surface area contributed by atoms with Crippen molar-refractivity contribution in [1.29, 1.82) is 0 Å². The van der Waals surface area contributed by atoms with Gasteiger partial charge in [-0.1, -0.05) is 110 Å². The van der Waals surface area contributed by atoms with Crippen LogP contribution in [0, 0.1) is 0 Å². The summed E-state index contributed by atoms with van der Waals surface area (Å²) >= 11 is 0. The summed E-state index contributed by atoms with van der Waals surface area (Å²) in [7, 11) is 0. The molecular weight excluding hydrogens is 685 g/mol. The van der Waals surface area contributed by atoms with Gasteiger partial charge in [-0.15, -0.1) is 0 Å². The molecule has 7 heteroatoms. The summed E-state index contributed by atoms with van der Waals surface area (Å²) in [5.41, 5.74) is 10.9. The number of phenols is 5. The van der Waals surface area contributed by atoms with Gasteiger partial charge in [-0.2, -0.15) is 0 Å². The van der Waals surface area contributed by atoms with Gasteiger partial charge in [-0.05, 0) is 93.6 Å². The van der Waals surface area contributed by atoms with Crippen molar-refractivity contribution in [2.24, 2.45) is 0 Å². The fourth-order valence-corrected chi connectivity index (χ4v) is 7.53. The Hall–Kier alpha value is -7.64. The van der Waals surface area contributed by atoms with Gasteiger partial charge in [0.25, 0.3) is 0 Å². The third kappa shape index (κ3) is 5.54. The quantitative estimate of drug-likeness (QED) is 0.0895. The maximum absolute atomic E-state index is 10.9. The molecule has 0 radical (unpaired) electrons. The second-order valence-electron chi connectivity index (χ2n) is 13.5. The highest BCUT2D eigenvalue weighted by molar-refractivity contribution is 6.11. The normalized spacial score (nSPS) is 14.3. The fourth-order valence-electron chi connectivity index (χ4n) is 7.53. The molecule has 8 aromatic rings. The fraction of sp³-hybridized carbons (Fsp3) is 0. The van der Waals surface area contributed by atoms with Crippen LogP contribution in [-0.2, 0) is 0 Å². The number of hydrogen-bond donors (Lipinski definition) is 5. The Labute approximate surface area is 316 Å². The molecule has 1 aliphatic heterocycles. The number of aromatic hydroxyl groups is 5. The van der Waals surface area contributed by atoms with E-state index in [1.165, 1.54) is 0 Å². The van der Waals surface area contributed by atoms with E-state index in [1.54, 1.807) is 4.57 Å². The Bertz CT molecular complexity index is 2800. The summed E-state index contributed by atoms with van der Waals surface area (Å²) in [5.74, 6) is -4.43. The molecule has 9 rings (SSSR count). The van der Waals surface area contributed by atoms with Gasteiger partial charge in [0.1, 0.15) is 5.69 Å². The van der Waals surface area contributed by atoms with Gasteiger partial charge in [-0.25, -0.2) is 0 Å². The van der Waals surface area contributed by atoms with E-state index in [0.717, 1.165) is 66.7 Å². The summed E-state index contributed by atoms with van der Waals surface area (Å²) in [6.45, 7) is 4.53. The summed E-state index contributed by atoms with van der Waals surface area (Å²) < 4.78 is 1.56. The minimum absolute atomic E-state index is 0.259. The van der Waals surface area contributed by atoms with E-state index in [1.807, 2.05) is 66.7 Å². The van der Waals surface area contributed by atoms with Crippen LogP contribution < -0.4 is 4.90 Å². The van der Waals surface area contributed by atoms with Crippen molar-refractivity contribution in [1.82, 2.24) is 4.57 Å². The van der Waals surface area contributed by atoms with Crippen LogP contribution in [-0.4, -0.2) is 30.1 Å². The topological polar surface area (TPSA) is 109 Å². The molecule has 0 saturated heterocycles. The van der Waals surface area contributed by atoms with Crippen molar-refractivity contribution in [3.8, 4) is 56.7 Å². The Morgan fingerprint density at radius 2 is 1.02 bits per heavy atom. The first-order chi connectivity index (χ1) is 26.8. The van der Waals surface area contributed by atoms with Crippen LogP contribution in [0.1, 0.15) is 11.1 Å². The number of benzene rings is 7. The van der Waals surface area contributed by atoms with Crippen molar-refractivity contribution >= 4 is 44.3 Å². The molecule has 0 spiro atoms. The van der Waals surface area contributed by atoms with Crippen molar-refractivity contribution in [3.63, 3.8) is 0 Å². The molecule has 1 aromatic heterocycles. The van der Waals surface area contributed by atoms with Crippen LogP contribution in [0.3, 0.4) is 0 Å². The number of allylic oxidation sites excluding steroid dienone is 4. The van der Waals surface area contributed by atoms with Gasteiger partial charge < -0.3 is 35.0 Å². The largest absolute Gasteiger partial charge is 0.503 e. The van der Waals surface area contributed by atoms with Crippen LogP contribution >= 0.6 is 0 Å². The second kappa shape index (κ2) is 13.1. The van der Waals surface area contributed by atoms with E-state index < -0.39 is 28.7 Å². The average molecular weight is 719 g/mol. The van der Waals surface area contributed by atoms with Crippen LogP contribution in [0.15, 0.2) is 171 Å². The third-order valence-electron chi connectivity index (χ3n) is 10.2. The number of nitrogens with zero attached hydrogens (tertiary/aromatic N) is 2. The zero-order valence-electron chi connectivity index (χ0n) is 29.4. The zero-order chi connectivity index (χ0) is 37.8. The predicted octanol–water partition coefficient (Wildman–Crippen LogP) is 11.4. The molecule has 0 atom stereocenters. The van der Waals surface area contributed by atoms with Gasteiger partial charge in [0.2, 0.25) is 17.2 Å². The Balaban J connectivity index is 1.22. The molecule has 55 heavy (non-hydrogen) atoms. The maximum Gasteiger partial charge on any atom is 0.208 e. The predicted molar refractivity (Wildman–Crippen MR) is 221 cm³/mol. The summed E-state index contributed by atoms with van der Waals surface area (Å²) in [6, 6.07) is 48.9. The standard InChI is InChI=1S/C48H34N2O5/c1-29-24-33(32-20-21-42-39(28-32)38-17-9-11-19-41(38)50(42)43-44(51)46(53)48(55)47(54)45(43)52)22-23-49(40-18-10-8-16-37(29)40)36-26-34(30-12-4-2-5-13-30)25-35(27-36)31-14-6-3-7-15-31/h2-28,51-55H,1H2/b23-22-,33-24+. The van der Waals surface area contributed by atoms with Crippen molar-refractivity contribution in [2.45, 2.75) is 0 Å². The number of hydrogen-bond acceptors (Lipinski definition) is 6. The molecule has 1 aliphatic rings. The van der Waals surface area contributed by atoms with Crippen LogP contribution in [0.4, 0.5) is 11.4 Å². The van der Waals surface area contributed by atoms with Crippen LogP contribution in [0.5, 0.6) is 28.7 Å². The highest BCUT2D eigenvalue weighted by atomic mass is 16.4. The van der Waals surface area contributed by atoms with Gasteiger partial charge in [0.05, 0.1) is 16.7 Å². The molecule has 0 saturated carbocycles. The first-order valence-corrected chi connectivity index (χ1v) is 17.7. The Morgan fingerprint density at radius 1 is 0.455 bits per heavy atom. The molecule has 0 unspecified atom stereocenters. The average Bonchev–Trinajstić information content (AvgIpc) is 3.55. The number of rotatable bonds is 5. The van der Waals surface area contributed by atoms with Gasteiger partial charge >= 0.3 is 0 Å². The lowest BCUT2D eigenvalue weighted by Gasteiger charge is -2.27. The molecule has 0 bridgehead atoms. The van der Waals surface area contributed by atoms with Crippen molar-refractivity contribution in [3.05, 3.63) is 182 Å². The molecular formula is C48H34N2O5. The van der Waals surface area contributed by atoms with E-state index >= 15 is 0 Å². The molecule has 7 aromatic carbocycles. The van der Waals surface area contributed by atoms with Crippen molar-refractivity contribution in [2.75, 3.05) is 4.90 Å². The number of para-hydroxylation sites is 2. The highest BCUT2D eigenvalue weighted by Crippen LogP contribution is 2.54. The third-order valence-corrected chi connectivity index (χ3v) is 10.2. The van der Waals surface area contributed by atoms with Crippen LogP contribution in [0.2, 0.25) is 0 Å². The number of aromatic nitrogens is 1. The van der Waals surface area contributed by atoms with Crippen LogP contribution in [0.25, 0.3) is 60.9 Å². The summed E-state index contributed by atoms with van der Waals surface area (Å²) in [6.07, 6.45) is 6.23. The van der Waals surface area contributed by atoms with E-state index in [-0.39, 0.29) is 5.69 Å². The monoisotopic (exact) mass is 718 g/mol. The molecule has 0 aliphatic carbocycles. The first-order valence-electron chi connectivity index (χ1n) is 17.7. The molecule has 7 nitrogen and oxygen atoms in total.